The number of hydrogen-bond acceptors (Lipinski definition) is 2. The van der Waals surface area contributed by atoms with Gasteiger partial charge in [0.05, 0.1) is 0 Å². The SMILES string of the molecule is CN1C2CCCC1CC(NCCCCc1ccccc1)C2. The summed E-state index contributed by atoms with van der Waals surface area (Å²) in [6.07, 6.45) is 10.8. The Morgan fingerprint density at radius 1 is 1.05 bits per heavy atom. The highest BCUT2D eigenvalue weighted by Gasteiger charge is 2.35. The lowest BCUT2D eigenvalue weighted by Gasteiger charge is -2.47. The van der Waals surface area contributed by atoms with Crippen molar-refractivity contribution >= 4 is 0 Å². The standard InChI is InChI=1S/C19H30N2/c1-21-18-11-7-12-19(21)15-17(14-18)20-13-6-5-10-16-8-3-2-4-9-16/h2-4,8-9,17-20H,5-7,10-15H2,1H3. The van der Waals surface area contributed by atoms with Crippen molar-refractivity contribution in [1.29, 1.82) is 0 Å². The van der Waals surface area contributed by atoms with Crippen molar-refractivity contribution in [1.82, 2.24) is 10.2 Å². The van der Waals surface area contributed by atoms with Gasteiger partial charge in [-0.25, -0.2) is 0 Å². The average Bonchev–Trinajstić information content (AvgIpc) is 2.49. The number of fused-ring (bicyclic) bond motifs is 2. The Kier molecular flexibility index (Phi) is 5.32. The number of unbranched alkanes of at least 4 members (excludes halogenated alkanes) is 1. The van der Waals surface area contributed by atoms with Crippen LogP contribution in [0.4, 0.5) is 0 Å². The second-order valence-electron chi connectivity index (χ2n) is 6.97. The van der Waals surface area contributed by atoms with E-state index < -0.39 is 0 Å². The summed E-state index contributed by atoms with van der Waals surface area (Å²) in [7, 11) is 2.34. The van der Waals surface area contributed by atoms with E-state index in [4.69, 9.17) is 0 Å². The van der Waals surface area contributed by atoms with Crippen molar-refractivity contribution in [3.8, 4) is 0 Å². The Bertz CT molecular complexity index is 403. The minimum Gasteiger partial charge on any atom is -0.314 e. The normalized spacial score (nSPS) is 29.5. The van der Waals surface area contributed by atoms with Crippen LogP contribution >= 0.6 is 0 Å². The Morgan fingerprint density at radius 3 is 2.48 bits per heavy atom. The number of hydrogen-bond donors (Lipinski definition) is 1. The minimum absolute atomic E-state index is 0.772. The van der Waals surface area contributed by atoms with E-state index in [0.29, 0.717) is 0 Å². The second kappa shape index (κ2) is 7.42. The predicted molar refractivity (Wildman–Crippen MR) is 89.6 cm³/mol. The van der Waals surface area contributed by atoms with Crippen molar-refractivity contribution < 1.29 is 0 Å². The van der Waals surface area contributed by atoms with E-state index in [1.807, 2.05) is 0 Å². The molecule has 2 atom stereocenters. The molecule has 2 aliphatic rings. The maximum absolute atomic E-state index is 3.83. The molecule has 2 bridgehead atoms. The van der Waals surface area contributed by atoms with Crippen molar-refractivity contribution in [2.75, 3.05) is 13.6 Å². The highest BCUT2D eigenvalue weighted by atomic mass is 15.2. The lowest BCUT2D eigenvalue weighted by atomic mass is 9.82. The molecule has 2 unspecified atom stereocenters. The first-order chi connectivity index (χ1) is 10.3. The third-order valence-corrected chi connectivity index (χ3v) is 5.51. The van der Waals surface area contributed by atoms with Crippen LogP contribution in [-0.2, 0) is 6.42 Å². The van der Waals surface area contributed by atoms with Gasteiger partial charge in [-0.05, 0) is 64.1 Å². The molecule has 21 heavy (non-hydrogen) atoms. The zero-order valence-corrected chi connectivity index (χ0v) is 13.4. The summed E-state index contributed by atoms with van der Waals surface area (Å²) in [4.78, 5) is 2.65. The third kappa shape index (κ3) is 4.08. The van der Waals surface area contributed by atoms with Gasteiger partial charge in [0, 0.05) is 18.1 Å². The van der Waals surface area contributed by atoms with E-state index in [-0.39, 0.29) is 0 Å². The average molecular weight is 286 g/mol. The molecule has 2 heterocycles. The maximum Gasteiger partial charge on any atom is 0.0110 e. The Labute approximate surface area is 129 Å². The number of nitrogens with zero attached hydrogens (tertiary/aromatic N) is 1. The summed E-state index contributed by atoms with van der Waals surface area (Å²) in [6, 6.07) is 13.3. The van der Waals surface area contributed by atoms with Gasteiger partial charge >= 0.3 is 0 Å². The van der Waals surface area contributed by atoms with Gasteiger partial charge in [-0.2, -0.15) is 0 Å². The molecule has 0 aromatic heterocycles. The van der Waals surface area contributed by atoms with E-state index in [9.17, 15) is 0 Å². The van der Waals surface area contributed by atoms with E-state index in [0.717, 1.165) is 18.1 Å². The smallest absolute Gasteiger partial charge is 0.0110 e. The highest BCUT2D eigenvalue weighted by molar-refractivity contribution is 5.14. The Balaban J connectivity index is 1.33. The predicted octanol–water partition coefficient (Wildman–Crippen LogP) is 3.61. The maximum atomic E-state index is 3.83. The van der Waals surface area contributed by atoms with E-state index >= 15 is 0 Å². The summed E-state index contributed by atoms with van der Waals surface area (Å²) in [5.41, 5.74) is 1.48. The molecule has 0 radical (unpaired) electrons. The summed E-state index contributed by atoms with van der Waals surface area (Å²) in [5.74, 6) is 0. The quantitative estimate of drug-likeness (QED) is 0.804. The molecule has 3 rings (SSSR count). The Hall–Kier alpha value is -0.860. The number of rotatable bonds is 6. The summed E-state index contributed by atoms with van der Waals surface area (Å²) in [5, 5.41) is 3.83. The Morgan fingerprint density at radius 2 is 1.76 bits per heavy atom. The fourth-order valence-electron chi connectivity index (χ4n) is 4.19. The molecule has 2 nitrogen and oxygen atoms in total. The topological polar surface area (TPSA) is 15.3 Å². The van der Waals surface area contributed by atoms with Crippen molar-refractivity contribution in [2.24, 2.45) is 0 Å². The van der Waals surface area contributed by atoms with E-state index in [2.05, 4.69) is 47.6 Å². The molecule has 0 saturated carbocycles. The molecule has 116 valence electrons. The van der Waals surface area contributed by atoms with Crippen molar-refractivity contribution in [3.05, 3.63) is 35.9 Å². The minimum atomic E-state index is 0.772. The molecule has 1 aromatic rings. The molecule has 1 N–H and O–H groups in total. The van der Waals surface area contributed by atoms with Gasteiger partial charge in [0.15, 0.2) is 0 Å². The fraction of sp³-hybridized carbons (Fsp3) is 0.684. The monoisotopic (exact) mass is 286 g/mol. The summed E-state index contributed by atoms with van der Waals surface area (Å²) < 4.78 is 0. The summed E-state index contributed by atoms with van der Waals surface area (Å²) >= 11 is 0. The first-order valence-corrected chi connectivity index (χ1v) is 8.82. The summed E-state index contributed by atoms with van der Waals surface area (Å²) in [6.45, 7) is 1.20. The number of benzene rings is 1. The van der Waals surface area contributed by atoms with Crippen LogP contribution in [0, 0.1) is 0 Å². The molecule has 1 aromatic carbocycles. The lowest BCUT2D eigenvalue weighted by molar-refractivity contribution is 0.0486. The zero-order valence-electron chi connectivity index (χ0n) is 13.4. The largest absolute Gasteiger partial charge is 0.314 e. The van der Waals surface area contributed by atoms with Gasteiger partial charge in [-0.1, -0.05) is 36.8 Å². The number of aryl methyl sites for hydroxylation is 1. The van der Waals surface area contributed by atoms with Crippen LogP contribution in [0.3, 0.4) is 0 Å². The lowest BCUT2D eigenvalue weighted by Crippen LogP contribution is -2.54. The third-order valence-electron chi connectivity index (χ3n) is 5.51. The van der Waals surface area contributed by atoms with Gasteiger partial charge in [-0.15, -0.1) is 0 Å². The molecular formula is C19H30N2. The van der Waals surface area contributed by atoms with Crippen LogP contribution in [0.15, 0.2) is 30.3 Å². The molecule has 2 fully saturated rings. The van der Waals surface area contributed by atoms with Crippen LogP contribution in [0.2, 0.25) is 0 Å². The van der Waals surface area contributed by atoms with Gasteiger partial charge in [0.2, 0.25) is 0 Å². The number of piperidine rings is 2. The first-order valence-electron chi connectivity index (χ1n) is 8.82. The second-order valence-corrected chi connectivity index (χ2v) is 6.97. The first kappa shape index (κ1) is 15.1. The van der Waals surface area contributed by atoms with E-state index in [1.54, 1.807) is 0 Å². The zero-order chi connectivity index (χ0) is 14.5. The van der Waals surface area contributed by atoms with Crippen LogP contribution in [-0.4, -0.2) is 36.6 Å². The van der Waals surface area contributed by atoms with Crippen LogP contribution in [0.1, 0.15) is 50.5 Å². The van der Waals surface area contributed by atoms with Crippen molar-refractivity contribution in [2.45, 2.75) is 69.5 Å². The molecule has 0 spiro atoms. The van der Waals surface area contributed by atoms with Crippen LogP contribution < -0.4 is 5.32 Å². The molecule has 2 aliphatic heterocycles. The van der Waals surface area contributed by atoms with Gasteiger partial charge < -0.3 is 10.2 Å². The van der Waals surface area contributed by atoms with E-state index in [1.165, 1.54) is 63.5 Å². The highest BCUT2D eigenvalue weighted by Crippen LogP contribution is 2.32. The van der Waals surface area contributed by atoms with Gasteiger partial charge in [0.1, 0.15) is 0 Å². The van der Waals surface area contributed by atoms with Gasteiger partial charge in [0.25, 0.3) is 0 Å². The van der Waals surface area contributed by atoms with Crippen LogP contribution in [0.25, 0.3) is 0 Å². The fourth-order valence-corrected chi connectivity index (χ4v) is 4.19. The molecular weight excluding hydrogens is 256 g/mol. The molecule has 2 saturated heterocycles. The van der Waals surface area contributed by atoms with Gasteiger partial charge in [-0.3, -0.25) is 0 Å². The molecule has 2 heteroatoms. The molecule has 0 amide bonds. The number of nitrogens with one attached hydrogen (secondary N) is 1. The van der Waals surface area contributed by atoms with Crippen molar-refractivity contribution in [3.63, 3.8) is 0 Å². The van der Waals surface area contributed by atoms with Crippen LogP contribution in [0.5, 0.6) is 0 Å². The molecule has 0 aliphatic carbocycles.